The van der Waals surface area contributed by atoms with Gasteiger partial charge >= 0.3 is 0 Å². The van der Waals surface area contributed by atoms with Crippen LogP contribution in [0.3, 0.4) is 0 Å². The van der Waals surface area contributed by atoms with E-state index in [1.807, 2.05) is 17.9 Å². The summed E-state index contributed by atoms with van der Waals surface area (Å²) in [6.07, 6.45) is 5.46. The number of hydrogen-bond donors (Lipinski definition) is 1. The molecule has 1 atom stereocenters. The maximum Gasteiger partial charge on any atom is 0.0839 e. The average Bonchev–Trinajstić information content (AvgIpc) is 2.88. The van der Waals surface area contributed by atoms with Crippen molar-refractivity contribution < 1.29 is 0 Å². The Morgan fingerprint density at radius 3 is 2.40 bits per heavy atom. The Morgan fingerprint density at radius 1 is 1.10 bits per heavy atom. The van der Waals surface area contributed by atoms with E-state index in [1.54, 1.807) is 0 Å². The van der Waals surface area contributed by atoms with Crippen molar-refractivity contribution in [2.24, 2.45) is 7.05 Å². The molecule has 0 fully saturated rings. The zero-order valence-electron chi connectivity index (χ0n) is 12.8. The second-order valence-corrected chi connectivity index (χ2v) is 5.29. The molecule has 3 heteroatoms. The van der Waals surface area contributed by atoms with Gasteiger partial charge in [-0.05, 0) is 36.6 Å². The molecule has 0 bridgehead atoms. The van der Waals surface area contributed by atoms with E-state index in [9.17, 15) is 0 Å². The Bertz CT molecular complexity index is 513. The van der Waals surface area contributed by atoms with E-state index in [-0.39, 0.29) is 6.04 Å². The molecule has 0 aliphatic heterocycles. The second-order valence-electron chi connectivity index (χ2n) is 5.29. The minimum absolute atomic E-state index is 0.187. The molecule has 1 aromatic heterocycles. The Morgan fingerprint density at radius 2 is 1.85 bits per heavy atom. The fourth-order valence-corrected chi connectivity index (χ4v) is 2.43. The maximum absolute atomic E-state index is 4.55. The zero-order chi connectivity index (χ0) is 14.4. The van der Waals surface area contributed by atoms with E-state index in [0.29, 0.717) is 0 Å². The molecule has 3 nitrogen and oxygen atoms in total. The van der Waals surface area contributed by atoms with Gasteiger partial charge in [0.05, 0.1) is 11.7 Å². The van der Waals surface area contributed by atoms with Crippen LogP contribution in [0, 0.1) is 0 Å². The number of aromatic nitrogens is 2. The smallest absolute Gasteiger partial charge is 0.0839 e. The minimum Gasteiger partial charge on any atom is -0.305 e. The summed E-state index contributed by atoms with van der Waals surface area (Å²) in [5, 5.41) is 8.14. The normalized spacial score (nSPS) is 12.6. The predicted molar refractivity (Wildman–Crippen MR) is 83.8 cm³/mol. The lowest BCUT2D eigenvalue weighted by Gasteiger charge is -2.17. The molecule has 0 aliphatic rings. The molecule has 1 unspecified atom stereocenters. The summed E-state index contributed by atoms with van der Waals surface area (Å²) in [4.78, 5) is 0. The summed E-state index contributed by atoms with van der Waals surface area (Å²) in [5.41, 5.74) is 3.78. The molecule has 0 amide bonds. The van der Waals surface area contributed by atoms with Crippen molar-refractivity contribution in [3.8, 4) is 0 Å². The van der Waals surface area contributed by atoms with Gasteiger partial charge < -0.3 is 5.32 Å². The molecular formula is C17H25N3. The van der Waals surface area contributed by atoms with Crippen LogP contribution in [-0.4, -0.2) is 16.3 Å². The largest absolute Gasteiger partial charge is 0.305 e. The molecule has 0 saturated carbocycles. The predicted octanol–water partition coefficient (Wildman–Crippen LogP) is 3.46. The van der Waals surface area contributed by atoms with Crippen LogP contribution in [0.1, 0.15) is 49.6 Å². The van der Waals surface area contributed by atoms with Crippen LogP contribution in [0.5, 0.6) is 0 Å². The molecule has 1 aromatic carbocycles. The molecular weight excluding hydrogens is 246 g/mol. The van der Waals surface area contributed by atoms with Gasteiger partial charge in [0.25, 0.3) is 0 Å². The summed E-state index contributed by atoms with van der Waals surface area (Å²) in [6.45, 7) is 5.40. The number of nitrogens with zero attached hydrogens (tertiary/aromatic N) is 2. The van der Waals surface area contributed by atoms with Crippen LogP contribution in [-0.2, 0) is 13.5 Å². The lowest BCUT2D eigenvalue weighted by atomic mass is 10.0. The van der Waals surface area contributed by atoms with Gasteiger partial charge in [0.2, 0.25) is 0 Å². The Labute approximate surface area is 122 Å². The number of rotatable bonds is 7. The molecule has 0 spiro atoms. The van der Waals surface area contributed by atoms with Gasteiger partial charge in [0.15, 0.2) is 0 Å². The summed E-state index contributed by atoms with van der Waals surface area (Å²) < 4.78 is 1.86. The third kappa shape index (κ3) is 3.70. The molecule has 0 aliphatic carbocycles. The first-order chi connectivity index (χ1) is 9.74. The van der Waals surface area contributed by atoms with Crippen molar-refractivity contribution in [2.45, 2.75) is 39.2 Å². The van der Waals surface area contributed by atoms with Crippen LogP contribution < -0.4 is 5.32 Å². The highest BCUT2D eigenvalue weighted by atomic mass is 15.3. The van der Waals surface area contributed by atoms with E-state index in [1.165, 1.54) is 17.5 Å². The van der Waals surface area contributed by atoms with E-state index >= 15 is 0 Å². The van der Waals surface area contributed by atoms with E-state index < -0.39 is 0 Å². The number of benzene rings is 1. The summed E-state index contributed by atoms with van der Waals surface area (Å²) in [6, 6.07) is 11.2. The van der Waals surface area contributed by atoms with E-state index in [4.69, 9.17) is 0 Å². The van der Waals surface area contributed by atoms with Gasteiger partial charge in [-0.3, -0.25) is 4.68 Å². The first-order valence-corrected chi connectivity index (χ1v) is 7.56. The van der Waals surface area contributed by atoms with Crippen LogP contribution in [0.15, 0.2) is 36.5 Å². The lowest BCUT2D eigenvalue weighted by Crippen LogP contribution is -2.23. The van der Waals surface area contributed by atoms with Crippen molar-refractivity contribution in [1.82, 2.24) is 15.1 Å². The van der Waals surface area contributed by atoms with Crippen molar-refractivity contribution in [2.75, 3.05) is 6.54 Å². The molecule has 20 heavy (non-hydrogen) atoms. The summed E-state index contributed by atoms with van der Waals surface area (Å²) in [7, 11) is 1.96. The third-order valence-electron chi connectivity index (χ3n) is 3.48. The van der Waals surface area contributed by atoms with Crippen LogP contribution in [0.4, 0.5) is 0 Å². The van der Waals surface area contributed by atoms with Crippen molar-refractivity contribution in [3.05, 3.63) is 53.3 Å². The zero-order valence-corrected chi connectivity index (χ0v) is 12.8. The highest BCUT2D eigenvalue weighted by Gasteiger charge is 2.15. The van der Waals surface area contributed by atoms with Crippen LogP contribution in [0.2, 0.25) is 0 Å². The third-order valence-corrected chi connectivity index (χ3v) is 3.48. The van der Waals surface area contributed by atoms with E-state index in [2.05, 4.69) is 54.6 Å². The molecule has 2 aromatic rings. The lowest BCUT2D eigenvalue weighted by molar-refractivity contribution is 0.575. The SMILES string of the molecule is CCCNC(c1ccc(CCC)cc1)c1ccn(C)n1. The highest BCUT2D eigenvalue weighted by Crippen LogP contribution is 2.21. The standard InChI is InChI=1S/C17H25N3/c1-4-6-14-7-9-15(10-8-14)17(18-12-5-2)16-11-13-20(3)19-16/h7-11,13,17-18H,4-6,12H2,1-3H3. The van der Waals surface area contributed by atoms with Gasteiger partial charge in [0.1, 0.15) is 0 Å². The Kier molecular flexibility index (Phi) is 5.36. The van der Waals surface area contributed by atoms with Crippen molar-refractivity contribution >= 4 is 0 Å². The Balaban J connectivity index is 2.21. The van der Waals surface area contributed by atoms with Crippen LogP contribution >= 0.6 is 0 Å². The molecule has 1 N–H and O–H groups in total. The second kappa shape index (κ2) is 7.25. The topological polar surface area (TPSA) is 29.9 Å². The number of nitrogens with one attached hydrogen (secondary N) is 1. The first kappa shape index (κ1) is 14.8. The molecule has 1 heterocycles. The number of hydrogen-bond acceptors (Lipinski definition) is 2. The number of aryl methyl sites for hydroxylation is 2. The molecule has 2 rings (SSSR count). The van der Waals surface area contributed by atoms with Gasteiger partial charge in [-0.25, -0.2) is 0 Å². The average molecular weight is 271 g/mol. The minimum atomic E-state index is 0.187. The Hall–Kier alpha value is -1.61. The molecule has 0 saturated heterocycles. The van der Waals surface area contributed by atoms with E-state index in [0.717, 1.165) is 25.1 Å². The maximum atomic E-state index is 4.55. The first-order valence-electron chi connectivity index (χ1n) is 7.56. The summed E-state index contributed by atoms with van der Waals surface area (Å²) in [5.74, 6) is 0. The van der Waals surface area contributed by atoms with Gasteiger partial charge in [-0.2, -0.15) is 5.10 Å². The van der Waals surface area contributed by atoms with Crippen molar-refractivity contribution in [1.29, 1.82) is 0 Å². The van der Waals surface area contributed by atoms with Gasteiger partial charge in [0, 0.05) is 13.2 Å². The van der Waals surface area contributed by atoms with Gasteiger partial charge in [-0.1, -0.05) is 44.5 Å². The highest BCUT2D eigenvalue weighted by molar-refractivity contribution is 5.30. The van der Waals surface area contributed by atoms with Crippen LogP contribution in [0.25, 0.3) is 0 Å². The molecule has 108 valence electrons. The summed E-state index contributed by atoms with van der Waals surface area (Å²) >= 11 is 0. The fraction of sp³-hybridized carbons (Fsp3) is 0.471. The fourth-order valence-electron chi connectivity index (χ4n) is 2.43. The van der Waals surface area contributed by atoms with Gasteiger partial charge in [-0.15, -0.1) is 0 Å². The molecule has 0 radical (unpaired) electrons. The monoisotopic (exact) mass is 271 g/mol. The van der Waals surface area contributed by atoms with Crippen molar-refractivity contribution in [3.63, 3.8) is 0 Å². The quantitative estimate of drug-likeness (QED) is 0.835.